The fourth-order valence-electron chi connectivity index (χ4n) is 1.59. The van der Waals surface area contributed by atoms with Gasteiger partial charge in [-0.25, -0.2) is 4.79 Å². The van der Waals surface area contributed by atoms with E-state index < -0.39 is 5.97 Å². The van der Waals surface area contributed by atoms with E-state index in [9.17, 15) is 4.79 Å². The molecule has 0 amide bonds. The molecule has 0 atom stereocenters. The molecule has 1 heterocycles. The first-order valence-corrected chi connectivity index (χ1v) is 7.73. The molecule has 19 heavy (non-hydrogen) atoms. The van der Waals surface area contributed by atoms with Crippen LogP contribution in [0.15, 0.2) is 30.3 Å². The Kier molecular flexibility index (Phi) is 4.81. The van der Waals surface area contributed by atoms with E-state index in [0.717, 1.165) is 20.4 Å². The number of aryl methyl sites for hydroxylation is 1. The predicted molar refractivity (Wildman–Crippen MR) is 84.1 cm³/mol. The van der Waals surface area contributed by atoms with Gasteiger partial charge in [-0.1, -0.05) is 19.1 Å². The van der Waals surface area contributed by atoms with Crippen LogP contribution < -0.4 is 4.74 Å². The molecule has 3 nitrogen and oxygen atoms in total. The van der Waals surface area contributed by atoms with Gasteiger partial charge in [-0.05, 0) is 52.8 Å². The van der Waals surface area contributed by atoms with Gasteiger partial charge < -0.3 is 9.84 Å². The highest BCUT2D eigenvalue weighted by Gasteiger charge is 2.16. The van der Waals surface area contributed by atoms with Crippen LogP contribution in [0.5, 0.6) is 5.75 Å². The highest BCUT2D eigenvalue weighted by Crippen LogP contribution is 2.30. The Morgan fingerprint density at radius 2 is 2.05 bits per heavy atom. The summed E-state index contributed by atoms with van der Waals surface area (Å²) in [4.78, 5) is 12.4. The number of hydrogen-bond acceptors (Lipinski definition) is 3. The number of halogens is 1. The summed E-state index contributed by atoms with van der Waals surface area (Å²) in [6.07, 6.45) is 0.817. The lowest BCUT2D eigenvalue weighted by Gasteiger charge is -2.05. The van der Waals surface area contributed by atoms with Crippen molar-refractivity contribution in [1.82, 2.24) is 0 Å². The fraction of sp³-hybridized carbons (Fsp3) is 0.214. The van der Waals surface area contributed by atoms with E-state index in [-0.39, 0.29) is 4.88 Å². The average Bonchev–Trinajstić information content (AvgIpc) is 2.81. The zero-order valence-electron chi connectivity index (χ0n) is 10.4. The van der Waals surface area contributed by atoms with Crippen LogP contribution in [0.1, 0.15) is 27.0 Å². The van der Waals surface area contributed by atoms with E-state index >= 15 is 0 Å². The molecule has 1 aromatic carbocycles. The summed E-state index contributed by atoms with van der Waals surface area (Å²) < 4.78 is 6.80. The Labute approximate surface area is 129 Å². The smallest absolute Gasteiger partial charge is 0.349 e. The molecule has 0 spiro atoms. The fourth-order valence-corrected chi connectivity index (χ4v) is 2.83. The number of aromatic carboxylic acids is 1. The van der Waals surface area contributed by atoms with Crippen LogP contribution in [0.4, 0.5) is 0 Å². The Morgan fingerprint density at radius 3 is 2.63 bits per heavy atom. The minimum absolute atomic E-state index is 0.280. The van der Waals surface area contributed by atoms with Crippen LogP contribution in [0, 0.1) is 3.57 Å². The van der Waals surface area contributed by atoms with Crippen LogP contribution in [0.3, 0.4) is 0 Å². The van der Waals surface area contributed by atoms with Gasteiger partial charge in [-0.2, -0.15) is 0 Å². The first-order chi connectivity index (χ1) is 9.10. The summed E-state index contributed by atoms with van der Waals surface area (Å²) in [7, 11) is 0. The van der Waals surface area contributed by atoms with Crippen LogP contribution in [-0.2, 0) is 13.0 Å². The zero-order valence-corrected chi connectivity index (χ0v) is 13.3. The number of carboxylic acid groups (broad SMARTS) is 1. The van der Waals surface area contributed by atoms with Crippen LogP contribution in [0.2, 0.25) is 0 Å². The lowest BCUT2D eigenvalue weighted by atomic mass is 10.2. The third kappa shape index (κ3) is 3.70. The van der Waals surface area contributed by atoms with E-state index in [0.29, 0.717) is 12.4 Å². The normalized spacial score (nSPS) is 10.4. The quantitative estimate of drug-likeness (QED) is 0.782. The third-order valence-electron chi connectivity index (χ3n) is 2.60. The second kappa shape index (κ2) is 6.38. The van der Waals surface area contributed by atoms with Crippen molar-refractivity contribution in [3.05, 3.63) is 49.2 Å². The Hall–Kier alpha value is -1.08. The highest BCUT2D eigenvalue weighted by molar-refractivity contribution is 14.1. The summed E-state index contributed by atoms with van der Waals surface area (Å²) in [5, 5.41) is 9.14. The maximum Gasteiger partial charge on any atom is 0.349 e. The molecule has 1 N–H and O–H groups in total. The molecule has 1 aromatic heterocycles. The number of rotatable bonds is 5. The van der Waals surface area contributed by atoms with Gasteiger partial charge in [0.1, 0.15) is 12.4 Å². The summed E-state index contributed by atoms with van der Waals surface area (Å²) in [6, 6.07) is 9.79. The van der Waals surface area contributed by atoms with Crippen molar-refractivity contribution in [2.24, 2.45) is 0 Å². The van der Waals surface area contributed by atoms with Gasteiger partial charge in [0.25, 0.3) is 0 Å². The molecule has 0 aliphatic carbocycles. The lowest BCUT2D eigenvalue weighted by molar-refractivity contribution is 0.0697. The monoisotopic (exact) mass is 388 g/mol. The molecular formula is C14H13IO3S. The molecule has 0 saturated carbocycles. The number of thiophene rings is 1. The first-order valence-electron chi connectivity index (χ1n) is 5.83. The van der Waals surface area contributed by atoms with Crippen molar-refractivity contribution in [1.29, 1.82) is 0 Å². The molecule has 0 bridgehead atoms. The Morgan fingerprint density at radius 1 is 1.37 bits per heavy atom. The number of hydrogen-bond donors (Lipinski definition) is 1. The van der Waals surface area contributed by atoms with Crippen molar-refractivity contribution in [3.8, 4) is 5.75 Å². The second-order valence-corrected chi connectivity index (χ2v) is 6.36. The van der Waals surface area contributed by atoms with E-state index in [1.54, 1.807) is 0 Å². The summed E-state index contributed by atoms with van der Waals surface area (Å²) in [5.41, 5.74) is 1.03. The first kappa shape index (κ1) is 14.3. The average molecular weight is 388 g/mol. The highest BCUT2D eigenvalue weighted by atomic mass is 127. The second-order valence-electron chi connectivity index (χ2n) is 3.98. The van der Waals surface area contributed by atoms with Crippen molar-refractivity contribution < 1.29 is 14.6 Å². The van der Waals surface area contributed by atoms with Crippen molar-refractivity contribution in [2.75, 3.05) is 0 Å². The molecule has 0 saturated heterocycles. The zero-order chi connectivity index (χ0) is 13.8. The van der Waals surface area contributed by atoms with Crippen molar-refractivity contribution in [2.45, 2.75) is 20.0 Å². The summed E-state index contributed by atoms with van der Waals surface area (Å²) >= 11 is 3.52. The van der Waals surface area contributed by atoms with Crippen molar-refractivity contribution >= 4 is 39.9 Å². The van der Waals surface area contributed by atoms with Gasteiger partial charge in [0, 0.05) is 8.45 Å². The molecule has 0 aliphatic rings. The number of carbonyl (C=O) groups is 1. The SMILES string of the molecule is CCc1cc(OCc2ccc(I)cc2)c(C(=O)O)s1. The molecular weight excluding hydrogens is 375 g/mol. The molecule has 0 aliphatic heterocycles. The van der Waals surface area contributed by atoms with Gasteiger partial charge >= 0.3 is 5.97 Å². The predicted octanol–water partition coefficient (Wildman–Crippen LogP) is 4.19. The van der Waals surface area contributed by atoms with E-state index in [1.165, 1.54) is 11.3 Å². The van der Waals surface area contributed by atoms with Crippen LogP contribution >= 0.6 is 33.9 Å². The summed E-state index contributed by atoms with van der Waals surface area (Å²) in [6.45, 7) is 2.39. The van der Waals surface area contributed by atoms with Crippen LogP contribution in [0.25, 0.3) is 0 Å². The van der Waals surface area contributed by atoms with E-state index in [4.69, 9.17) is 9.84 Å². The Bertz CT molecular complexity index is 575. The molecule has 2 aromatic rings. The van der Waals surface area contributed by atoms with Gasteiger partial charge in [-0.15, -0.1) is 11.3 Å². The molecule has 5 heteroatoms. The number of ether oxygens (including phenoxy) is 1. The maximum absolute atomic E-state index is 11.1. The van der Waals surface area contributed by atoms with Gasteiger partial charge in [0.2, 0.25) is 0 Å². The van der Waals surface area contributed by atoms with Crippen LogP contribution in [-0.4, -0.2) is 11.1 Å². The number of carboxylic acids is 1. The summed E-state index contributed by atoms with van der Waals surface area (Å²) in [5.74, 6) is -0.463. The topological polar surface area (TPSA) is 46.5 Å². The molecule has 0 radical (unpaired) electrons. The van der Waals surface area contributed by atoms with E-state index in [2.05, 4.69) is 22.6 Å². The minimum atomic E-state index is -0.928. The van der Waals surface area contributed by atoms with Gasteiger partial charge in [0.05, 0.1) is 0 Å². The van der Waals surface area contributed by atoms with Crippen molar-refractivity contribution in [3.63, 3.8) is 0 Å². The Balaban J connectivity index is 2.12. The standard InChI is InChI=1S/C14H13IO3S/c1-2-11-7-12(13(19-11)14(16)17)18-8-9-3-5-10(15)6-4-9/h3-7H,2,8H2,1H3,(H,16,17). The van der Waals surface area contributed by atoms with Gasteiger partial charge in [-0.3, -0.25) is 0 Å². The number of benzene rings is 1. The third-order valence-corrected chi connectivity index (χ3v) is 4.57. The molecule has 100 valence electrons. The van der Waals surface area contributed by atoms with E-state index in [1.807, 2.05) is 37.3 Å². The molecule has 0 unspecified atom stereocenters. The molecule has 0 fully saturated rings. The molecule has 2 rings (SSSR count). The maximum atomic E-state index is 11.1. The lowest BCUT2D eigenvalue weighted by Crippen LogP contribution is -2.00. The van der Waals surface area contributed by atoms with Gasteiger partial charge in [0.15, 0.2) is 4.88 Å². The minimum Gasteiger partial charge on any atom is -0.487 e. The largest absolute Gasteiger partial charge is 0.487 e.